The second-order valence-corrected chi connectivity index (χ2v) is 0. The molecule has 0 bridgehead atoms. The third-order valence-corrected chi connectivity index (χ3v) is 0. The monoisotopic (exact) mass is 468 g/mol. The van der Waals surface area contributed by atoms with Gasteiger partial charge in [0.25, 0.3) is 0 Å². The molecule has 0 saturated heterocycles. The van der Waals surface area contributed by atoms with Crippen LogP contribution in [0.15, 0.2) is 0 Å². The molecule has 0 aliphatic carbocycles. The predicted octanol–water partition coefficient (Wildman–Crippen LogP) is -4.20. The summed E-state index contributed by atoms with van der Waals surface area (Å²) in [5.74, 6) is 0. The van der Waals surface area contributed by atoms with Crippen molar-refractivity contribution in [2.75, 3.05) is 0 Å². The summed E-state index contributed by atoms with van der Waals surface area (Å²) in [6.45, 7) is 0. The molecule has 0 spiro atoms. The molecule has 0 unspecified atom stereocenters. The summed E-state index contributed by atoms with van der Waals surface area (Å²) >= 11 is 0. The minimum absolute atomic E-state index is 0. The van der Waals surface area contributed by atoms with Crippen LogP contribution in [0, 0.1) is 0 Å². The Kier molecular flexibility index (Phi) is 204. The quantitative estimate of drug-likeness (QED) is 0.319. The summed E-state index contributed by atoms with van der Waals surface area (Å²) in [5.41, 5.74) is 0. The number of hydrogen-bond donors (Lipinski definition) is 0. The number of rotatable bonds is 0. The Hall–Kier alpha value is 3.47. The van der Waals surface area contributed by atoms with Gasteiger partial charge in [0.1, 0.15) is 0 Å². The molecule has 0 aliphatic heterocycles. The molecule has 0 aromatic rings. The van der Waals surface area contributed by atoms with Crippen molar-refractivity contribution in [3.63, 3.8) is 0 Å². The van der Waals surface area contributed by atoms with Crippen LogP contribution in [0.1, 0.15) is 0 Å². The normalized spacial score (nSPS) is 0. The van der Waals surface area contributed by atoms with Gasteiger partial charge in [-0.25, -0.2) is 0 Å². The van der Waals surface area contributed by atoms with Crippen molar-refractivity contribution in [1.29, 1.82) is 0 Å². The van der Waals surface area contributed by atoms with Crippen LogP contribution in [0.3, 0.4) is 0 Å². The molecule has 0 aliphatic rings. The summed E-state index contributed by atoms with van der Waals surface area (Å²) in [6.07, 6.45) is 0. The van der Waals surface area contributed by atoms with Crippen molar-refractivity contribution in [2.45, 2.75) is 0 Å². The Morgan fingerprint density at radius 1 is 0.800 bits per heavy atom. The van der Waals surface area contributed by atoms with Crippen LogP contribution in [-0.2, 0) is 27.3 Å². The Labute approximate surface area is 105 Å². The van der Waals surface area contributed by atoms with E-state index in [4.69, 9.17) is 0 Å². The zero-order valence-electron chi connectivity index (χ0n) is 1.71. The predicted molar refractivity (Wildman–Crippen MR) is 37.0 cm³/mol. The van der Waals surface area contributed by atoms with Crippen LogP contribution >= 0.6 is 0 Å². The van der Waals surface area contributed by atoms with Gasteiger partial charge in [0, 0.05) is 27.3 Å². The molecule has 0 saturated carbocycles. The summed E-state index contributed by atoms with van der Waals surface area (Å²) in [5, 5.41) is 0. The van der Waals surface area contributed by atoms with Crippen molar-refractivity contribution in [2.24, 2.45) is 0 Å². The fraction of sp³-hybridized carbons (Fsp3) is 0. The Morgan fingerprint density at radius 3 is 0.800 bits per heavy atom. The maximum atomic E-state index is 0. The first kappa shape index (κ1) is 39.3. The van der Waals surface area contributed by atoms with E-state index in [1.807, 2.05) is 0 Å². The summed E-state index contributed by atoms with van der Waals surface area (Å²) in [7, 11) is 0. The van der Waals surface area contributed by atoms with E-state index in [-0.39, 0.29) is 107 Å². The van der Waals surface area contributed by atoms with Crippen LogP contribution in [0.5, 0.6) is 0 Å². The van der Waals surface area contributed by atoms with Gasteiger partial charge >= 0.3 is 79.8 Å². The minimum atomic E-state index is 0. The number of hydrogen-bond acceptors (Lipinski definition) is 0. The van der Waals surface area contributed by atoms with E-state index in [0.717, 1.165) is 0 Å². The van der Waals surface area contributed by atoms with Gasteiger partial charge in [-0.2, -0.15) is 0 Å². The molecule has 5 heteroatoms. The molecule has 0 aromatic heterocycles. The van der Waals surface area contributed by atoms with E-state index in [1.54, 1.807) is 0 Å². The molecule has 0 amide bonds. The van der Waals surface area contributed by atoms with Gasteiger partial charge in [-0.1, -0.05) is 0 Å². The summed E-state index contributed by atoms with van der Waals surface area (Å²) < 4.78 is 0. The SMILES string of the molecule is [Cd].[GaH3].[InH3].[SeH2].[SeH2]. The molecule has 0 rings (SSSR count). The average Bonchev–Trinajstić information content (AvgIpc) is 0. The fourth-order valence-corrected chi connectivity index (χ4v) is 0. The van der Waals surface area contributed by atoms with Crippen molar-refractivity contribution >= 4 is 79.8 Å². The Balaban J connectivity index is 0. The standard InChI is InChI=1S/Cd.Ga.In.2H2Se.6H/h;;;2*1H2;;;;;;. The third kappa shape index (κ3) is 18.6. The maximum absolute atomic E-state index is 0. The molecule has 0 N–H and O–H groups in total. The van der Waals surface area contributed by atoms with Crippen molar-refractivity contribution in [3.8, 4) is 0 Å². The molecular weight excluding hydrogens is 455 g/mol. The molecule has 0 aromatic carbocycles. The van der Waals surface area contributed by atoms with Crippen LogP contribution in [0.25, 0.3) is 0 Å². The molecule has 0 radical (unpaired) electrons. The topological polar surface area (TPSA) is 0 Å². The second-order valence-electron chi connectivity index (χ2n) is 0. The Bertz CT molecular complexity index is 9.61. The van der Waals surface area contributed by atoms with Gasteiger partial charge in [0.15, 0.2) is 0 Å². The Morgan fingerprint density at radius 2 is 0.800 bits per heavy atom. The van der Waals surface area contributed by atoms with Crippen molar-refractivity contribution in [3.05, 3.63) is 0 Å². The van der Waals surface area contributed by atoms with Crippen LogP contribution in [-0.4, -0.2) is 79.8 Å². The van der Waals surface area contributed by atoms with E-state index in [9.17, 15) is 0 Å². The summed E-state index contributed by atoms with van der Waals surface area (Å²) in [4.78, 5) is 0. The molecule has 0 atom stereocenters. The third-order valence-electron chi connectivity index (χ3n) is 0. The molecule has 30 valence electrons. The zero-order chi connectivity index (χ0) is 0. The first-order valence-corrected chi connectivity index (χ1v) is 0. The van der Waals surface area contributed by atoms with Gasteiger partial charge in [-0.15, -0.1) is 0 Å². The second kappa shape index (κ2) is 26.0. The zero-order valence-corrected chi connectivity index (χ0v) is 9.94. The molecular formula is H10CdGaInSe2. The first-order chi connectivity index (χ1) is 0. The van der Waals surface area contributed by atoms with Gasteiger partial charge in [-0.3, -0.25) is 0 Å². The van der Waals surface area contributed by atoms with Gasteiger partial charge < -0.3 is 0 Å². The van der Waals surface area contributed by atoms with E-state index < -0.39 is 0 Å². The average molecular weight is 465 g/mol. The summed E-state index contributed by atoms with van der Waals surface area (Å²) in [6, 6.07) is 0. The van der Waals surface area contributed by atoms with E-state index in [0.29, 0.717) is 0 Å². The van der Waals surface area contributed by atoms with Crippen molar-refractivity contribution in [1.82, 2.24) is 0 Å². The van der Waals surface area contributed by atoms with E-state index >= 15 is 0 Å². The molecule has 5 heavy (non-hydrogen) atoms. The van der Waals surface area contributed by atoms with Crippen LogP contribution in [0.2, 0.25) is 0 Å². The fourth-order valence-electron chi connectivity index (χ4n) is 0. The van der Waals surface area contributed by atoms with Gasteiger partial charge in [-0.05, 0) is 0 Å². The van der Waals surface area contributed by atoms with E-state index in [1.165, 1.54) is 0 Å². The van der Waals surface area contributed by atoms with Gasteiger partial charge in [0.05, 0.1) is 0 Å². The van der Waals surface area contributed by atoms with Crippen LogP contribution in [0.4, 0.5) is 0 Å². The van der Waals surface area contributed by atoms with Crippen LogP contribution < -0.4 is 0 Å². The molecule has 0 heterocycles. The van der Waals surface area contributed by atoms with Gasteiger partial charge in [0.2, 0.25) is 0 Å². The first-order valence-electron chi connectivity index (χ1n) is 0. The van der Waals surface area contributed by atoms with Crippen molar-refractivity contribution < 1.29 is 27.3 Å². The van der Waals surface area contributed by atoms with E-state index in [2.05, 4.69) is 0 Å². The molecule has 0 nitrogen and oxygen atoms in total. The molecule has 0 fully saturated rings.